The monoisotopic (exact) mass is 248 g/mol. The third-order valence-electron chi connectivity index (χ3n) is 3.67. The number of likely N-dealkylation sites (N-methyl/N-ethyl adjacent to an activating group) is 1. The molecule has 0 aliphatic carbocycles. The summed E-state index contributed by atoms with van der Waals surface area (Å²) in [6.07, 6.45) is 1.19. The van der Waals surface area contributed by atoms with Gasteiger partial charge in [0, 0.05) is 30.6 Å². The van der Waals surface area contributed by atoms with E-state index in [4.69, 9.17) is 0 Å². The fourth-order valence-corrected chi connectivity index (χ4v) is 4.07. The van der Waals surface area contributed by atoms with Gasteiger partial charge in [-0.15, -0.1) is 11.8 Å². The summed E-state index contributed by atoms with van der Waals surface area (Å²) in [5, 5.41) is 4.17. The van der Waals surface area contributed by atoms with E-state index in [9.17, 15) is 0 Å². The number of anilines is 1. The molecule has 0 aromatic heterocycles. The van der Waals surface area contributed by atoms with Gasteiger partial charge in [0.2, 0.25) is 0 Å². The van der Waals surface area contributed by atoms with E-state index < -0.39 is 0 Å². The largest absolute Gasteiger partial charge is 0.374 e. The lowest BCUT2D eigenvalue weighted by atomic mass is 10.1. The Kier molecular flexibility index (Phi) is 2.64. The number of nitrogens with one attached hydrogen (secondary N) is 1. The summed E-state index contributed by atoms with van der Waals surface area (Å²) < 4.78 is 0. The first-order valence-electron chi connectivity index (χ1n) is 6.28. The molecule has 1 aromatic carbocycles. The molecular weight excluding hydrogens is 228 g/mol. The normalized spacial score (nSPS) is 26.3. The van der Waals surface area contributed by atoms with E-state index in [-0.39, 0.29) is 5.54 Å². The van der Waals surface area contributed by atoms with E-state index in [2.05, 4.69) is 49.3 Å². The van der Waals surface area contributed by atoms with Crippen LogP contribution in [0.4, 0.5) is 5.69 Å². The van der Waals surface area contributed by atoms with Crippen LogP contribution in [0.1, 0.15) is 30.3 Å². The van der Waals surface area contributed by atoms with Crippen molar-refractivity contribution >= 4 is 17.4 Å². The average molecular weight is 248 g/mol. The van der Waals surface area contributed by atoms with E-state index in [0.29, 0.717) is 5.37 Å². The molecule has 2 aliphatic heterocycles. The van der Waals surface area contributed by atoms with Gasteiger partial charge in [0.25, 0.3) is 0 Å². The minimum Gasteiger partial charge on any atom is -0.374 e. The summed E-state index contributed by atoms with van der Waals surface area (Å²) in [4.78, 5) is 2.35. The highest BCUT2D eigenvalue weighted by Crippen LogP contribution is 2.39. The summed E-state index contributed by atoms with van der Waals surface area (Å²) >= 11 is 2.02. The predicted molar refractivity (Wildman–Crippen MR) is 75.8 cm³/mol. The van der Waals surface area contributed by atoms with Crippen LogP contribution >= 0.6 is 11.8 Å². The first-order chi connectivity index (χ1) is 8.05. The van der Waals surface area contributed by atoms with Crippen molar-refractivity contribution in [3.8, 4) is 0 Å². The highest BCUT2D eigenvalue weighted by atomic mass is 32.2. The van der Waals surface area contributed by atoms with Crippen molar-refractivity contribution in [2.24, 2.45) is 0 Å². The van der Waals surface area contributed by atoms with Crippen LogP contribution in [0.15, 0.2) is 18.2 Å². The second kappa shape index (κ2) is 3.92. The maximum absolute atomic E-state index is 3.70. The van der Waals surface area contributed by atoms with Crippen molar-refractivity contribution in [3.05, 3.63) is 29.3 Å². The van der Waals surface area contributed by atoms with Gasteiger partial charge in [-0.2, -0.15) is 0 Å². The molecule has 0 spiro atoms. The Morgan fingerprint density at radius 3 is 2.94 bits per heavy atom. The van der Waals surface area contributed by atoms with Crippen molar-refractivity contribution < 1.29 is 0 Å². The van der Waals surface area contributed by atoms with Gasteiger partial charge in [-0.3, -0.25) is 5.32 Å². The molecule has 2 aliphatic rings. The van der Waals surface area contributed by atoms with Crippen molar-refractivity contribution in [1.82, 2.24) is 5.32 Å². The molecule has 0 amide bonds. The van der Waals surface area contributed by atoms with Crippen molar-refractivity contribution in [2.75, 3.05) is 24.2 Å². The standard InChI is InChI=1S/C14H20N2S/c1-14(2)9-17-13(15-14)11-4-5-12-10(8-11)6-7-16(12)3/h4-5,8,13,15H,6-7,9H2,1-3H3. The van der Waals surface area contributed by atoms with Crippen LogP contribution in [-0.4, -0.2) is 24.9 Å². The fourth-order valence-electron chi connectivity index (χ4n) is 2.66. The third kappa shape index (κ3) is 2.06. The second-order valence-electron chi connectivity index (χ2n) is 5.78. The first kappa shape index (κ1) is 11.4. The van der Waals surface area contributed by atoms with Crippen LogP contribution in [0.2, 0.25) is 0 Å². The minimum atomic E-state index is 0.269. The summed E-state index contributed by atoms with van der Waals surface area (Å²) in [5.41, 5.74) is 4.63. The molecular formula is C14H20N2S. The van der Waals surface area contributed by atoms with Gasteiger partial charge in [0.05, 0.1) is 5.37 Å². The smallest absolute Gasteiger partial charge is 0.0794 e. The van der Waals surface area contributed by atoms with Gasteiger partial charge >= 0.3 is 0 Å². The van der Waals surface area contributed by atoms with Gasteiger partial charge in [-0.1, -0.05) is 12.1 Å². The summed E-state index contributed by atoms with van der Waals surface area (Å²) in [6.45, 7) is 5.72. The lowest BCUT2D eigenvalue weighted by Crippen LogP contribution is -2.35. The van der Waals surface area contributed by atoms with Crippen LogP contribution in [0.25, 0.3) is 0 Å². The number of fused-ring (bicyclic) bond motifs is 1. The van der Waals surface area contributed by atoms with Crippen LogP contribution in [-0.2, 0) is 6.42 Å². The molecule has 1 N–H and O–H groups in total. The molecule has 0 bridgehead atoms. The van der Waals surface area contributed by atoms with Crippen LogP contribution < -0.4 is 10.2 Å². The van der Waals surface area contributed by atoms with Crippen LogP contribution in [0, 0.1) is 0 Å². The Balaban J connectivity index is 1.86. The Morgan fingerprint density at radius 2 is 2.24 bits per heavy atom. The molecule has 0 radical (unpaired) electrons. The zero-order valence-corrected chi connectivity index (χ0v) is 11.6. The lowest BCUT2D eigenvalue weighted by molar-refractivity contribution is 0.452. The van der Waals surface area contributed by atoms with Crippen molar-refractivity contribution in [1.29, 1.82) is 0 Å². The molecule has 2 nitrogen and oxygen atoms in total. The fraction of sp³-hybridized carbons (Fsp3) is 0.571. The molecule has 2 heterocycles. The minimum absolute atomic E-state index is 0.269. The Bertz CT molecular complexity index is 442. The Morgan fingerprint density at radius 1 is 1.41 bits per heavy atom. The number of hydrogen-bond donors (Lipinski definition) is 1. The molecule has 1 saturated heterocycles. The van der Waals surface area contributed by atoms with Crippen molar-refractivity contribution in [2.45, 2.75) is 31.2 Å². The molecule has 1 fully saturated rings. The predicted octanol–water partition coefficient (Wildman–Crippen LogP) is 2.79. The Hall–Kier alpha value is -0.670. The van der Waals surface area contributed by atoms with Crippen molar-refractivity contribution in [3.63, 3.8) is 0 Å². The quantitative estimate of drug-likeness (QED) is 0.823. The highest BCUT2D eigenvalue weighted by Gasteiger charge is 2.31. The van der Waals surface area contributed by atoms with Gasteiger partial charge < -0.3 is 4.90 Å². The first-order valence-corrected chi connectivity index (χ1v) is 7.33. The zero-order valence-electron chi connectivity index (χ0n) is 10.8. The molecule has 1 aromatic rings. The zero-order chi connectivity index (χ0) is 12.0. The molecule has 3 heteroatoms. The average Bonchev–Trinajstić information content (AvgIpc) is 2.82. The van der Waals surface area contributed by atoms with E-state index in [1.54, 1.807) is 0 Å². The summed E-state index contributed by atoms with van der Waals surface area (Å²) in [6, 6.07) is 6.96. The van der Waals surface area contributed by atoms with E-state index in [1.807, 2.05) is 11.8 Å². The van der Waals surface area contributed by atoms with Gasteiger partial charge in [0.1, 0.15) is 0 Å². The highest BCUT2D eigenvalue weighted by molar-refractivity contribution is 7.99. The molecule has 1 unspecified atom stereocenters. The number of nitrogens with zero attached hydrogens (tertiary/aromatic N) is 1. The SMILES string of the molecule is CN1CCc2cc(C3NC(C)(C)CS3)ccc21. The maximum Gasteiger partial charge on any atom is 0.0794 e. The van der Waals surface area contributed by atoms with E-state index in [0.717, 1.165) is 6.54 Å². The molecule has 3 rings (SSSR count). The van der Waals surface area contributed by atoms with E-state index in [1.165, 1.54) is 29.0 Å². The third-order valence-corrected chi connectivity index (χ3v) is 5.28. The Labute approximate surface area is 108 Å². The number of thioether (sulfide) groups is 1. The number of rotatable bonds is 1. The van der Waals surface area contributed by atoms with E-state index >= 15 is 0 Å². The van der Waals surface area contributed by atoms with Gasteiger partial charge in [0.15, 0.2) is 0 Å². The second-order valence-corrected chi connectivity index (χ2v) is 6.87. The van der Waals surface area contributed by atoms with Gasteiger partial charge in [-0.25, -0.2) is 0 Å². The molecule has 17 heavy (non-hydrogen) atoms. The number of hydrogen-bond acceptors (Lipinski definition) is 3. The number of benzene rings is 1. The summed E-state index contributed by atoms with van der Waals surface area (Å²) in [7, 11) is 2.18. The summed E-state index contributed by atoms with van der Waals surface area (Å²) in [5.74, 6) is 1.19. The van der Waals surface area contributed by atoms with Gasteiger partial charge in [-0.05, 0) is 37.5 Å². The molecule has 1 atom stereocenters. The molecule has 92 valence electrons. The van der Waals surface area contributed by atoms with Crippen LogP contribution in [0.3, 0.4) is 0 Å². The molecule has 0 saturated carbocycles. The lowest BCUT2D eigenvalue weighted by Gasteiger charge is -2.19. The maximum atomic E-state index is 3.70. The van der Waals surface area contributed by atoms with Crippen LogP contribution in [0.5, 0.6) is 0 Å². The topological polar surface area (TPSA) is 15.3 Å².